The van der Waals surface area contributed by atoms with Crippen molar-refractivity contribution in [2.24, 2.45) is 0 Å². The van der Waals surface area contributed by atoms with E-state index in [1.807, 2.05) is 0 Å². The fourth-order valence-corrected chi connectivity index (χ4v) is 4.20. The van der Waals surface area contributed by atoms with Crippen molar-refractivity contribution in [1.82, 2.24) is 19.9 Å². The Bertz CT molecular complexity index is 1150. The number of carbonyl (C=O) groups excluding carboxylic acids is 2. The van der Waals surface area contributed by atoms with Gasteiger partial charge in [0.05, 0.1) is 23.4 Å². The fourth-order valence-electron chi connectivity index (χ4n) is 3.01. The van der Waals surface area contributed by atoms with E-state index in [0.717, 1.165) is 10.6 Å². The second-order valence-corrected chi connectivity index (χ2v) is 7.85. The van der Waals surface area contributed by atoms with Crippen LogP contribution >= 0.6 is 22.9 Å². The summed E-state index contributed by atoms with van der Waals surface area (Å²) in [7, 11) is 0. The van der Waals surface area contributed by atoms with Gasteiger partial charge in [-0.15, -0.1) is 0 Å². The summed E-state index contributed by atoms with van der Waals surface area (Å²) in [5.74, 6) is -0.912. The van der Waals surface area contributed by atoms with Crippen molar-refractivity contribution < 1.29 is 14.5 Å². The number of anilines is 1. The molecule has 0 aliphatic carbocycles. The number of thiazole rings is 1. The molecular weight excluding hydrogens is 432 g/mol. The summed E-state index contributed by atoms with van der Waals surface area (Å²) in [6.45, 7) is 0.577. The number of rotatable bonds is 4. The van der Waals surface area contributed by atoms with Crippen LogP contribution in [0.5, 0.6) is 0 Å². The summed E-state index contributed by atoms with van der Waals surface area (Å²) in [5, 5.41) is 14.6. The molecule has 30 heavy (non-hydrogen) atoms. The van der Waals surface area contributed by atoms with Crippen LogP contribution < -0.4 is 5.32 Å². The van der Waals surface area contributed by atoms with Crippen molar-refractivity contribution in [3.8, 4) is 0 Å². The number of nitro benzene ring substituents is 1. The molecule has 1 aliphatic heterocycles. The molecule has 0 saturated carbocycles. The first-order chi connectivity index (χ1) is 14.4. The van der Waals surface area contributed by atoms with E-state index in [0.29, 0.717) is 18.1 Å². The number of nitro groups is 1. The molecule has 1 N–H and O–H groups in total. The number of aromatic nitrogens is 3. The van der Waals surface area contributed by atoms with Gasteiger partial charge in [0.1, 0.15) is 11.3 Å². The SMILES string of the molecule is O=C(Nc1nc2c(s1)CN(C(=O)c1cc(Cl)ccc1[N+](=O)[O-])CC2)c1cnccn1. The van der Waals surface area contributed by atoms with Crippen LogP contribution in [0.15, 0.2) is 36.8 Å². The third-order valence-corrected chi connectivity index (χ3v) is 5.65. The van der Waals surface area contributed by atoms with Crippen LogP contribution in [-0.2, 0) is 13.0 Å². The number of fused-ring (bicyclic) bond motifs is 1. The summed E-state index contributed by atoms with van der Waals surface area (Å²) < 4.78 is 0. The van der Waals surface area contributed by atoms with Crippen molar-refractivity contribution in [3.63, 3.8) is 0 Å². The molecule has 12 heteroatoms. The van der Waals surface area contributed by atoms with Crippen molar-refractivity contribution in [2.75, 3.05) is 11.9 Å². The Morgan fingerprint density at radius 3 is 2.87 bits per heavy atom. The van der Waals surface area contributed by atoms with Gasteiger partial charge in [0.25, 0.3) is 17.5 Å². The van der Waals surface area contributed by atoms with E-state index in [1.54, 1.807) is 0 Å². The van der Waals surface area contributed by atoms with Gasteiger partial charge in [0.2, 0.25) is 0 Å². The van der Waals surface area contributed by atoms with Crippen molar-refractivity contribution >= 4 is 45.6 Å². The Kier molecular flexibility index (Phi) is 5.38. The van der Waals surface area contributed by atoms with Crippen molar-refractivity contribution in [2.45, 2.75) is 13.0 Å². The highest BCUT2D eigenvalue weighted by atomic mass is 35.5. The van der Waals surface area contributed by atoms with Gasteiger partial charge in [-0.2, -0.15) is 0 Å². The molecule has 3 heterocycles. The molecule has 10 nitrogen and oxygen atoms in total. The Labute approximate surface area is 178 Å². The van der Waals surface area contributed by atoms with Gasteiger partial charge in [0.15, 0.2) is 5.13 Å². The maximum atomic E-state index is 12.9. The molecular formula is C18H13ClN6O4S. The predicted octanol–water partition coefficient (Wildman–Crippen LogP) is 2.95. The third-order valence-electron chi connectivity index (χ3n) is 4.42. The highest BCUT2D eigenvalue weighted by Gasteiger charge is 2.29. The average Bonchev–Trinajstić information content (AvgIpc) is 3.14. The molecule has 2 aromatic heterocycles. The number of hydrogen-bond acceptors (Lipinski definition) is 8. The summed E-state index contributed by atoms with van der Waals surface area (Å²) >= 11 is 7.18. The molecule has 0 saturated heterocycles. The van der Waals surface area contributed by atoms with Gasteiger partial charge in [-0.05, 0) is 12.1 Å². The Morgan fingerprint density at radius 2 is 2.13 bits per heavy atom. The van der Waals surface area contributed by atoms with Crippen molar-refractivity contribution in [3.05, 3.63) is 73.8 Å². The largest absolute Gasteiger partial charge is 0.333 e. The van der Waals surface area contributed by atoms with Gasteiger partial charge < -0.3 is 4.90 Å². The molecule has 1 aliphatic rings. The number of carbonyl (C=O) groups is 2. The molecule has 0 bridgehead atoms. The topological polar surface area (TPSA) is 131 Å². The highest BCUT2D eigenvalue weighted by Crippen LogP contribution is 2.31. The average molecular weight is 445 g/mol. The number of nitrogens with zero attached hydrogens (tertiary/aromatic N) is 5. The molecule has 2 amide bonds. The Hall–Kier alpha value is -3.44. The number of amides is 2. The molecule has 0 atom stereocenters. The van der Waals surface area contributed by atoms with Crippen LogP contribution in [0.25, 0.3) is 0 Å². The molecule has 0 fully saturated rings. The van der Waals surface area contributed by atoms with Crippen LogP contribution in [0, 0.1) is 10.1 Å². The Morgan fingerprint density at radius 1 is 1.30 bits per heavy atom. The van der Waals surface area contributed by atoms with Gasteiger partial charge in [-0.1, -0.05) is 22.9 Å². The van der Waals surface area contributed by atoms with Crippen LogP contribution in [0.3, 0.4) is 0 Å². The van der Waals surface area contributed by atoms with E-state index in [1.165, 1.54) is 53.0 Å². The second-order valence-electron chi connectivity index (χ2n) is 6.33. The maximum absolute atomic E-state index is 12.9. The quantitative estimate of drug-likeness (QED) is 0.483. The summed E-state index contributed by atoms with van der Waals surface area (Å²) in [6.07, 6.45) is 4.70. The maximum Gasteiger partial charge on any atom is 0.282 e. The van der Waals surface area contributed by atoms with E-state index in [-0.39, 0.29) is 28.5 Å². The summed E-state index contributed by atoms with van der Waals surface area (Å²) in [6, 6.07) is 3.90. The zero-order chi connectivity index (χ0) is 21.3. The van der Waals surface area contributed by atoms with E-state index in [9.17, 15) is 19.7 Å². The molecule has 3 aromatic rings. The van der Waals surface area contributed by atoms with E-state index < -0.39 is 16.7 Å². The smallest absolute Gasteiger partial charge is 0.282 e. The van der Waals surface area contributed by atoms with Gasteiger partial charge >= 0.3 is 0 Å². The lowest BCUT2D eigenvalue weighted by Gasteiger charge is -2.26. The molecule has 0 spiro atoms. The summed E-state index contributed by atoms with van der Waals surface area (Å²) in [4.78, 5) is 50.3. The Balaban J connectivity index is 1.52. The van der Waals surface area contributed by atoms with Crippen molar-refractivity contribution in [1.29, 1.82) is 0 Å². The monoisotopic (exact) mass is 444 g/mol. The molecule has 1 aromatic carbocycles. The predicted molar refractivity (Wildman–Crippen MR) is 109 cm³/mol. The fraction of sp³-hybridized carbons (Fsp3) is 0.167. The van der Waals surface area contributed by atoms with Crippen LogP contribution in [-0.4, -0.2) is 43.1 Å². The first-order valence-corrected chi connectivity index (χ1v) is 9.91. The van der Waals surface area contributed by atoms with Crippen LogP contribution in [0.2, 0.25) is 5.02 Å². The number of hydrogen-bond donors (Lipinski definition) is 1. The van der Waals surface area contributed by atoms with Gasteiger partial charge in [-0.25, -0.2) is 9.97 Å². The molecule has 4 rings (SSSR count). The minimum atomic E-state index is -0.605. The standard InChI is InChI=1S/C18H13ClN6O4S/c19-10-1-2-14(25(28)29)11(7-10)17(27)24-6-3-12-15(9-24)30-18(22-12)23-16(26)13-8-20-4-5-21-13/h1-2,4-5,7-8H,3,6,9H2,(H,22,23,26). The summed E-state index contributed by atoms with van der Waals surface area (Å²) in [5.41, 5.74) is 0.586. The van der Waals surface area contributed by atoms with Gasteiger partial charge in [0, 0.05) is 41.3 Å². The first-order valence-electron chi connectivity index (χ1n) is 8.71. The second kappa shape index (κ2) is 8.13. The van der Waals surface area contributed by atoms with E-state index in [4.69, 9.17) is 11.6 Å². The van der Waals surface area contributed by atoms with E-state index in [2.05, 4.69) is 20.3 Å². The minimum Gasteiger partial charge on any atom is -0.333 e. The molecule has 0 unspecified atom stereocenters. The number of halogens is 1. The van der Waals surface area contributed by atoms with Gasteiger partial charge in [-0.3, -0.25) is 30.0 Å². The van der Waals surface area contributed by atoms with Crippen LogP contribution in [0.4, 0.5) is 10.8 Å². The lowest BCUT2D eigenvalue weighted by atomic mass is 10.1. The normalized spacial score (nSPS) is 12.9. The zero-order valence-electron chi connectivity index (χ0n) is 15.2. The third kappa shape index (κ3) is 3.98. The zero-order valence-corrected chi connectivity index (χ0v) is 16.8. The number of benzene rings is 1. The minimum absolute atomic E-state index is 0.0587. The lowest BCUT2D eigenvalue weighted by molar-refractivity contribution is -0.385. The highest BCUT2D eigenvalue weighted by molar-refractivity contribution is 7.15. The van der Waals surface area contributed by atoms with Crippen LogP contribution in [0.1, 0.15) is 31.4 Å². The first kappa shape index (κ1) is 19.9. The molecule has 152 valence electrons. The molecule has 0 radical (unpaired) electrons. The van der Waals surface area contributed by atoms with E-state index >= 15 is 0 Å². The lowest BCUT2D eigenvalue weighted by Crippen LogP contribution is -2.35. The number of nitrogens with one attached hydrogen (secondary N) is 1.